The van der Waals surface area contributed by atoms with Crippen molar-refractivity contribution in [3.05, 3.63) is 48.0 Å². The molecule has 1 amide bonds. The molecule has 0 radical (unpaired) electrons. The van der Waals surface area contributed by atoms with Gasteiger partial charge in [-0.2, -0.15) is 0 Å². The maximum Gasteiger partial charge on any atom is 0.260 e. The standard InChI is InChI=1S/C19H21NO5/c1-3-20(11-14-4-9-17-18(10-14)25-13-24-17)19(21)12-23-16-7-5-15(22-2)6-8-16/h4-10H,3,11-13H2,1-2H3. The van der Waals surface area contributed by atoms with Gasteiger partial charge in [-0.15, -0.1) is 0 Å². The van der Waals surface area contributed by atoms with Crippen LogP contribution in [0.3, 0.4) is 0 Å². The van der Waals surface area contributed by atoms with Crippen molar-refractivity contribution in [3.63, 3.8) is 0 Å². The van der Waals surface area contributed by atoms with E-state index in [9.17, 15) is 4.79 Å². The molecule has 6 heteroatoms. The van der Waals surface area contributed by atoms with Gasteiger partial charge in [0.2, 0.25) is 6.79 Å². The summed E-state index contributed by atoms with van der Waals surface area (Å²) < 4.78 is 21.4. The van der Waals surface area contributed by atoms with E-state index >= 15 is 0 Å². The molecule has 25 heavy (non-hydrogen) atoms. The Morgan fingerprint density at radius 2 is 1.80 bits per heavy atom. The number of likely N-dealkylation sites (N-methyl/N-ethyl adjacent to an activating group) is 1. The molecule has 0 saturated carbocycles. The average molecular weight is 343 g/mol. The van der Waals surface area contributed by atoms with Crippen LogP contribution in [0, 0.1) is 0 Å². The van der Waals surface area contributed by atoms with Crippen molar-refractivity contribution in [1.82, 2.24) is 4.90 Å². The van der Waals surface area contributed by atoms with Gasteiger partial charge in [0.15, 0.2) is 18.1 Å². The van der Waals surface area contributed by atoms with Crippen LogP contribution < -0.4 is 18.9 Å². The zero-order valence-corrected chi connectivity index (χ0v) is 14.4. The summed E-state index contributed by atoms with van der Waals surface area (Å²) in [5.74, 6) is 2.76. The number of carbonyl (C=O) groups is 1. The third-order valence-electron chi connectivity index (χ3n) is 3.97. The number of hydrogen-bond donors (Lipinski definition) is 0. The van der Waals surface area contributed by atoms with Crippen molar-refractivity contribution in [1.29, 1.82) is 0 Å². The first-order chi connectivity index (χ1) is 12.2. The maximum absolute atomic E-state index is 12.4. The fourth-order valence-corrected chi connectivity index (χ4v) is 2.54. The smallest absolute Gasteiger partial charge is 0.260 e. The molecule has 2 aromatic rings. The zero-order valence-electron chi connectivity index (χ0n) is 14.4. The molecule has 1 aliphatic heterocycles. The number of fused-ring (bicyclic) bond motifs is 1. The van der Waals surface area contributed by atoms with E-state index in [-0.39, 0.29) is 19.3 Å². The summed E-state index contributed by atoms with van der Waals surface area (Å²) in [5, 5.41) is 0. The van der Waals surface area contributed by atoms with Crippen molar-refractivity contribution in [2.75, 3.05) is 27.1 Å². The molecule has 6 nitrogen and oxygen atoms in total. The van der Waals surface area contributed by atoms with Crippen molar-refractivity contribution >= 4 is 5.91 Å². The van der Waals surface area contributed by atoms with Gasteiger partial charge in [-0.3, -0.25) is 4.79 Å². The molecule has 0 aromatic heterocycles. The normalized spacial score (nSPS) is 11.9. The van der Waals surface area contributed by atoms with Crippen LogP contribution in [0.4, 0.5) is 0 Å². The number of rotatable bonds is 7. The summed E-state index contributed by atoms with van der Waals surface area (Å²) in [6.07, 6.45) is 0. The molecule has 0 unspecified atom stereocenters. The summed E-state index contributed by atoms with van der Waals surface area (Å²) in [5.41, 5.74) is 0.990. The van der Waals surface area contributed by atoms with E-state index in [1.54, 1.807) is 36.3 Å². The van der Waals surface area contributed by atoms with Gasteiger partial charge in [0.05, 0.1) is 7.11 Å². The minimum Gasteiger partial charge on any atom is -0.497 e. The number of methoxy groups -OCH3 is 1. The Morgan fingerprint density at radius 1 is 1.08 bits per heavy atom. The van der Waals surface area contributed by atoms with E-state index in [0.717, 1.165) is 22.8 Å². The highest BCUT2D eigenvalue weighted by Gasteiger charge is 2.17. The van der Waals surface area contributed by atoms with Gasteiger partial charge in [0.25, 0.3) is 5.91 Å². The largest absolute Gasteiger partial charge is 0.497 e. The fraction of sp³-hybridized carbons (Fsp3) is 0.316. The fourth-order valence-electron chi connectivity index (χ4n) is 2.54. The van der Waals surface area contributed by atoms with E-state index in [4.69, 9.17) is 18.9 Å². The number of nitrogens with zero attached hydrogens (tertiary/aromatic N) is 1. The molecule has 1 heterocycles. The Balaban J connectivity index is 1.57. The van der Waals surface area contributed by atoms with Crippen LogP contribution in [0.5, 0.6) is 23.0 Å². The highest BCUT2D eigenvalue weighted by atomic mass is 16.7. The lowest BCUT2D eigenvalue weighted by Crippen LogP contribution is -2.34. The van der Waals surface area contributed by atoms with Gasteiger partial charge in [-0.25, -0.2) is 0 Å². The molecule has 1 aliphatic rings. The molecular formula is C19H21NO5. The van der Waals surface area contributed by atoms with Gasteiger partial charge in [-0.1, -0.05) is 6.07 Å². The molecule has 0 saturated heterocycles. The van der Waals surface area contributed by atoms with Crippen molar-refractivity contribution in [2.45, 2.75) is 13.5 Å². The number of ether oxygens (including phenoxy) is 4. The lowest BCUT2D eigenvalue weighted by atomic mass is 10.2. The minimum absolute atomic E-state index is 0.00921. The third kappa shape index (κ3) is 4.15. The lowest BCUT2D eigenvalue weighted by Gasteiger charge is -2.21. The van der Waals surface area contributed by atoms with Gasteiger partial charge in [0.1, 0.15) is 11.5 Å². The molecule has 0 spiro atoms. The second-order valence-electron chi connectivity index (χ2n) is 5.56. The van der Waals surface area contributed by atoms with E-state index in [1.165, 1.54) is 0 Å². The Morgan fingerprint density at radius 3 is 2.52 bits per heavy atom. The number of hydrogen-bond acceptors (Lipinski definition) is 5. The van der Waals surface area contributed by atoms with Crippen molar-refractivity contribution in [2.24, 2.45) is 0 Å². The summed E-state index contributed by atoms with van der Waals surface area (Å²) in [6.45, 7) is 3.27. The van der Waals surface area contributed by atoms with Gasteiger partial charge >= 0.3 is 0 Å². The highest BCUT2D eigenvalue weighted by Crippen LogP contribution is 2.32. The van der Waals surface area contributed by atoms with Gasteiger partial charge in [0, 0.05) is 13.1 Å². The quantitative estimate of drug-likeness (QED) is 0.774. The summed E-state index contributed by atoms with van der Waals surface area (Å²) in [7, 11) is 1.61. The van der Waals surface area contributed by atoms with Crippen molar-refractivity contribution < 1.29 is 23.7 Å². The summed E-state index contributed by atoms with van der Waals surface area (Å²) >= 11 is 0. The first kappa shape index (κ1) is 17.0. The van der Waals surface area contributed by atoms with Crippen LogP contribution in [0.15, 0.2) is 42.5 Å². The number of carbonyl (C=O) groups excluding carboxylic acids is 1. The third-order valence-corrected chi connectivity index (χ3v) is 3.97. The Hall–Kier alpha value is -2.89. The Bertz CT molecular complexity index is 729. The SMILES string of the molecule is CCN(Cc1ccc2c(c1)OCO2)C(=O)COc1ccc(OC)cc1. The second-order valence-corrected chi connectivity index (χ2v) is 5.56. The minimum atomic E-state index is -0.0732. The maximum atomic E-state index is 12.4. The van der Waals surface area contributed by atoms with E-state index in [1.807, 2.05) is 25.1 Å². The van der Waals surface area contributed by atoms with Crippen LogP contribution in [-0.2, 0) is 11.3 Å². The monoisotopic (exact) mass is 343 g/mol. The van der Waals surface area contributed by atoms with Crippen LogP contribution in [0.25, 0.3) is 0 Å². The van der Waals surface area contributed by atoms with Gasteiger partial charge in [-0.05, 0) is 48.9 Å². The molecule has 3 rings (SSSR count). The topological polar surface area (TPSA) is 57.2 Å². The number of amides is 1. The van der Waals surface area contributed by atoms with Crippen molar-refractivity contribution in [3.8, 4) is 23.0 Å². The van der Waals surface area contributed by atoms with Crippen LogP contribution in [0.2, 0.25) is 0 Å². The zero-order chi connectivity index (χ0) is 17.6. The number of benzene rings is 2. The summed E-state index contributed by atoms with van der Waals surface area (Å²) in [6, 6.07) is 12.9. The first-order valence-corrected chi connectivity index (χ1v) is 8.12. The second kappa shape index (κ2) is 7.79. The molecule has 0 N–H and O–H groups in total. The summed E-state index contributed by atoms with van der Waals surface area (Å²) in [4.78, 5) is 14.2. The average Bonchev–Trinajstić information content (AvgIpc) is 3.12. The van der Waals surface area contributed by atoms with E-state index in [2.05, 4.69) is 0 Å². The van der Waals surface area contributed by atoms with Gasteiger partial charge < -0.3 is 23.8 Å². The highest BCUT2D eigenvalue weighted by molar-refractivity contribution is 5.77. The van der Waals surface area contributed by atoms with Crippen LogP contribution in [-0.4, -0.2) is 37.9 Å². The lowest BCUT2D eigenvalue weighted by molar-refractivity contribution is -0.133. The molecular weight excluding hydrogens is 322 g/mol. The van der Waals surface area contributed by atoms with Crippen LogP contribution >= 0.6 is 0 Å². The molecule has 0 fully saturated rings. The molecule has 132 valence electrons. The first-order valence-electron chi connectivity index (χ1n) is 8.12. The molecule has 2 aromatic carbocycles. The molecule has 0 aliphatic carbocycles. The Kier molecular flexibility index (Phi) is 5.28. The molecule has 0 atom stereocenters. The Labute approximate surface area is 146 Å². The predicted octanol–water partition coefficient (Wildman–Crippen LogP) is 2.85. The van der Waals surface area contributed by atoms with E-state index < -0.39 is 0 Å². The predicted molar refractivity (Wildman–Crippen MR) is 92.1 cm³/mol. The van der Waals surface area contributed by atoms with E-state index in [0.29, 0.717) is 18.8 Å². The van der Waals surface area contributed by atoms with Crippen LogP contribution in [0.1, 0.15) is 12.5 Å². The molecule has 0 bridgehead atoms.